The maximum Gasteiger partial charge on any atom is 0.189 e. The quantitative estimate of drug-likeness (QED) is 0.636. The molecule has 138 valence electrons. The Morgan fingerprint density at radius 1 is 1.08 bits per heavy atom. The van der Waals surface area contributed by atoms with Crippen molar-refractivity contribution in [3.05, 3.63) is 30.6 Å². The summed E-state index contributed by atoms with van der Waals surface area (Å²) in [6.45, 7) is 10.6. The summed E-state index contributed by atoms with van der Waals surface area (Å²) in [5.41, 5.74) is 7.96. The Bertz CT molecular complexity index is 830. The van der Waals surface area contributed by atoms with E-state index in [9.17, 15) is 0 Å². The molecule has 2 aromatic heterocycles. The molecule has 0 unspecified atom stereocenters. The Balaban J connectivity index is 1.89. The van der Waals surface area contributed by atoms with E-state index in [1.807, 2.05) is 18.2 Å². The lowest BCUT2D eigenvalue weighted by molar-refractivity contribution is 0.549. The average molecular weight is 371 g/mol. The van der Waals surface area contributed by atoms with Crippen molar-refractivity contribution in [2.24, 2.45) is 11.8 Å². The van der Waals surface area contributed by atoms with Crippen LogP contribution in [-0.2, 0) is 0 Å². The summed E-state index contributed by atoms with van der Waals surface area (Å²) in [5.74, 6) is 2.42. The molecule has 0 saturated heterocycles. The molecule has 0 aliphatic heterocycles. The highest BCUT2D eigenvalue weighted by molar-refractivity contribution is 7.22. The number of thiazole rings is 1. The molecule has 0 aliphatic carbocycles. The standard InChI is InChI=1S/C19H26N6S/c1-12(2)9-25(10-13(3)4)18-16(20)17(21-11-22-18)24-19-23-14-7-5-6-8-15(14)26-19/h5-8,11-13H,9-10,20H2,1-4H3,(H,21,22,23,24). The lowest BCUT2D eigenvalue weighted by Gasteiger charge is -2.28. The second kappa shape index (κ2) is 7.86. The van der Waals surface area contributed by atoms with E-state index >= 15 is 0 Å². The van der Waals surface area contributed by atoms with Gasteiger partial charge in [0.25, 0.3) is 0 Å². The van der Waals surface area contributed by atoms with Gasteiger partial charge in [-0.1, -0.05) is 51.2 Å². The molecule has 0 bridgehead atoms. The maximum atomic E-state index is 6.43. The van der Waals surface area contributed by atoms with E-state index in [0.717, 1.165) is 34.3 Å². The first-order valence-electron chi connectivity index (χ1n) is 8.92. The monoisotopic (exact) mass is 370 g/mol. The molecule has 0 aliphatic rings. The van der Waals surface area contributed by atoms with E-state index in [1.54, 1.807) is 17.7 Å². The Labute approximate surface area is 158 Å². The summed E-state index contributed by atoms with van der Waals surface area (Å²) in [6, 6.07) is 8.05. The summed E-state index contributed by atoms with van der Waals surface area (Å²) in [7, 11) is 0. The molecule has 0 spiro atoms. The smallest absolute Gasteiger partial charge is 0.189 e. The van der Waals surface area contributed by atoms with Gasteiger partial charge in [0.15, 0.2) is 16.8 Å². The van der Waals surface area contributed by atoms with Crippen LogP contribution in [0, 0.1) is 11.8 Å². The van der Waals surface area contributed by atoms with Crippen molar-refractivity contribution in [1.29, 1.82) is 0 Å². The minimum atomic E-state index is 0.517. The van der Waals surface area contributed by atoms with Gasteiger partial charge in [-0.2, -0.15) is 0 Å². The molecule has 2 heterocycles. The maximum absolute atomic E-state index is 6.43. The lowest BCUT2D eigenvalue weighted by Crippen LogP contribution is -2.32. The predicted octanol–water partition coefficient (Wildman–Crippen LogP) is 4.53. The van der Waals surface area contributed by atoms with Gasteiger partial charge in [0, 0.05) is 13.1 Å². The van der Waals surface area contributed by atoms with Crippen LogP contribution in [0.5, 0.6) is 0 Å². The first-order chi connectivity index (χ1) is 12.4. The van der Waals surface area contributed by atoms with Crippen molar-refractivity contribution < 1.29 is 0 Å². The Kier molecular flexibility index (Phi) is 5.56. The molecule has 3 rings (SSSR count). The highest BCUT2D eigenvalue weighted by Gasteiger charge is 2.18. The third-order valence-corrected chi connectivity index (χ3v) is 4.80. The minimum absolute atomic E-state index is 0.517. The summed E-state index contributed by atoms with van der Waals surface area (Å²) in [4.78, 5) is 15.6. The zero-order chi connectivity index (χ0) is 18.7. The molecule has 0 atom stereocenters. The highest BCUT2D eigenvalue weighted by atomic mass is 32.1. The molecular weight excluding hydrogens is 344 g/mol. The Morgan fingerprint density at radius 3 is 2.42 bits per heavy atom. The Hall–Kier alpha value is -2.41. The van der Waals surface area contributed by atoms with Crippen LogP contribution in [0.2, 0.25) is 0 Å². The fraction of sp³-hybridized carbons (Fsp3) is 0.421. The SMILES string of the molecule is CC(C)CN(CC(C)C)c1ncnc(Nc2nc3ccccc3s2)c1N. The van der Waals surface area contributed by atoms with Crippen LogP contribution in [0.25, 0.3) is 10.2 Å². The van der Waals surface area contributed by atoms with Crippen molar-refractivity contribution in [2.45, 2.75) is 27.7 Å². The zero-order valence-corrected chi connectivity index (χ0v) is 16.5. The summed E-state index contributed by atoms with van der Waals surface area (Å²) >= 11 is 1.58. The molecule has 1 aromatic carbocycles. The van der Waals surface area contributed by atoms with Crippen LogP contribution in [0.4, 0.5) is 22.5 Å². The number of benzene rings is 1. The molecule has 26 heavy (non-hydrogen) atoms. The summed E-state index contributed by atoms with van der Waals surface area (Å²) in [5, 5.41) is 4.05. The zero-order valence-electron chi connectivity index (χ0n) is 15.7. The van der Waals surface area contributed by atoms with E-state index in [0.29, 0.717) is 23.3 Å². The number of fused-ring (bicyclic) bond motifs is 1. The number of anilines is 4. The van der Waals surface area contributed by atoms with Crippen LogP contribution in [-0.4, -0.2) is 28.0 Å². The molecule has 3 aromatic rings. The number of para-hydroxylation sites is 1. The molecule has 0 saturated carbocycles. The fourth-order valence-electron chi connectivity index (χ4n) is 2.89. The number of hydrogen-bond acceptors (Lipinski definition) is 7. The van der Waals surface area contributed by atoms with Gasteiger partial charge in [-0.3, -0.25) is 0 Å². The van der Waals surface area contributed by atoms with E-state index in [4.69, 9.17) is 5.73 Å². The van der Waals surface area contributed by atoms with Crippen LogP contribution in [0.3, 0.4) is 0 Å². The van der Waals surface area contributed by atoms with Crippen LogP contribution < -0.4 is 16.0 Å². The van der Waals surface area contributed by atoms with E-state index in [1.165, 1.54) is 0 Å². The van der Waals surface area contributed by atoms with Gasteiger partial charge in [-0.25, -0.2) is 15.0 Å². The van der Waals surface area contributed by atoms with Gasteiger partial charge in [-0.05, 0) is 24.0 Å². The number of hydrogen-bond donors (Lipinski definition) is 2. The first kappa shape index (κ1) is 18.4. The molecule has 0 radical (unpaired) electrons. The molecule has 3 N–H and O–H groups in total. The molecular formula is C19H26N6S. The van der Waals surface area contributed by atoms with E-state index in [2.05, 4.69) is 58.9 Å². The third-order valence-electron chi connectivity index (χ3n) is 3.85. The van der Waals surface area contributed by atoms with Gasteiger partial charge < -0.3 is 16.0 Å². The first-order valence-corrected chi connectivity index (χ1v) is 9.73. The minimum Gasteiger partial charge on any atom is -0.393 e. The van der Waals surface area contributed by atoms with Crippen molar-refractivity contribution in [3.8, 4) is 0 Å². The van der Waals surface area contributed by atoms with E-state index in [-0.39, 0.29) is 0 Å². The van der Waals surface area contributed by atoms with Crippen molar-refractivity contribution in [2.75, 3.05) is 29.0 Å². The third kappa shape index (κ3) is 4.22. The molecule has 0 fully saturated rings. The molecule has 0 amide bonds. The predicted molar refractivity (Wildman–Crippen MR) is 111 cm³/mol. The second-order valence-corrected chi connectivity index (χ2v) is 8.29. The normalized spacial score (nSPS) is 11.5. The van der Waals surface area contributed by atoms with Gasteiger partial charge in [0.2, 0.25) is 0 Å². The van der Waals surface area contributed by atoms with Crippen molar-refractivity contribution in [3.63, 3.8) is 0 Å². The summed E-state index contributed by atoms with van der Waals surface area (Å²) < 4.78 is 1.13. The lowest BCUT2D eigenvalue weighted by atomic mass is 10.1. The largest absolute Gasteiger partial charge is 0.393 e. The molecule has 6 nitrogen and oxygen atoms in total. The Morgan fingerprint density at radius 2 is 1.77 bits per heavy atom. The van der Waals surface area contributed by atoms with Crippen LogP contribution >= 0.6 is 11.3 Å². The number of nitrogen functional groups attached to an aromatic ring is 1. The number of rotatable bonds is 7. The van der Waals surface area contributed by atoms with Gasteiger partial charge in [0.1, 0.15) is 12.0 Å². The fourth-order valence-corrected chi connectivity index (χ4v) is 3.76. The van der Waals surface area contributed by atoms with Crippen LogP contribution in [0.15, 0.2) is 30.6 Å². The van der Waals surface area contributed by atoms with Gasteiger partial charge >= 0.3 is 0 Å². The number of nitrogens with zero attached hydrogens (tertiary/aromatic N) is 4. The summed E-state index contributed by atoms with van der Waals surface area (Å²) in [6.07, 6.45) is 1.56. The highest BCUT2D eigenvalue weighted by Crippen LogP contribution is 2.32. The second-order valence-electron chi connectivity index (χ2n) is 7.26. The van der Waals surface area contributed by atoms with Crippen molar-refractivity contribution in [1.82, 2.24) is 15.0 Å². The van der Waals surface area contributed by atoms with E-state index < -0.39 is 0 Å². The topological polar surface area (TPSA) is 80.0 Å². The van der Waals surface area contributed by atoms with Crippen LogP contribution in [0.1, 0.15) is 27.7 Å². The number of nitrogens with two attached hydrogens (primary N) is 1. The van der Waals surface area contributed by atoms with Gasteiger partial charge in [0.05, 0.1) is 10.2 Å². The van der Waals surface area contributed by atoms with Crippen molar-refractivity contribution >= 4 is 44.0 Å². The van der Waals surface area contributed by atoms with Gasteiger partial charge in [-0.15, -0.1) is 0 Å². The number of aromatic nitrogens is 3. The molecule has 7 heteroatoms. The average Bonchev–Trinajstić information content (AvgIpc) is 2.97. The number of nitrogens with one attached hydrogen (secondary N) is 1.